The summed E-state index contributed by atoms with van der Waals surface area (Å²) in [4.78, 5) is 4.69. The molecule has 0 saturated heterocycles. The zero-order valence-corrected chi connectivity index (χ0v) is 10.7. The summed E-state index contributed by atoms with van der Waals surface area (Å²) in [5.74, 6) is 0. The van der Waals surface area contributed by atoms with Gasteiger partial charge in [-0.3, -0.25) is 0 Å². The average molecular weight is 239 g/mol. The topological polar surface area (TPSA) is 12.9 Å². The van der Waals surface area contributed by atoms with E-state index in [4.69, 9.17) is 4.98 Å². The van der Waals surface area contributed by atoms with Gasteiger partial charge in [0.2, 0.25) is 0 Å². The minimum Gasteiger partial charge on any atom is -0.236 e. The number of aromatic nitrogens is 1. The van der Waals surface area contributed by atoms with Crippen LogP contribution in [0.2, 0.25) is 0 Å². The highest BCUT2D eigenvalue weighted by atomic mass is 32.1. The summed E-state index contributed by atoms with van der Waals surface area (Å²) in [7, 11) is 0. The lowest BCUT2D eigenvalue weighted by molar-refractivity contribution is 1.42. The lowest BCUT2D eigenvalue weighted by Crippen LogP contribution is -1.76. The first-order valence-electron chi connectivity index (χ1n) is 5.66. The Morgan fingerprint density at radius 3 is 2.35 bits per heavy atom. The van der Waals surface area contributed by atoms with E-state index in [2.05, 4.69) is 56.3 Å². The molecule has 1 nitrogen and oxygen atoms in total. The second-order valence-corrected chi connectivity index (χ2v) is 5.39. The van der Waals surface area contributed by atoms with Gasteiger partial charge in [0.15, 0.2) is 0 Å². The third kappa shape index (κ3) is 1.96. The number of thiazole rings is 1. The maximum absolute atomic E-state index is 4.69. The first-order chi connectivity index (χ1) is 8.22. The number of fused-ring (bicyclic) bond motifs is 1. The van der Waals surface area contributed by atoms with Crippen LogP contribution in [0.4, 0.5) is 0 Å². The molecule has 3 rings (SSSR count). The van der Waals surface area contributed by atoms with Gasteiger partial charge in [-0.1, -0.05) is 35.9 Å². The fourth-order valence-corrected chi connectivity index (χ4v) is 2.81. The van der Waals surface area contributed by atoms with Gasteiger partial charge in [-0.2, -0.15) is 0 Å². The van der Waals surface area contributed by atoms with Gasteiger partial charge < -0.3 is 0 Å². The van der Waals surface area contributed by atoms with E-state index in [1.165, 1.54) is 21.4 Å². The highest BCUT2D eigenvalue weighted by Gasteiger charge is 2.05. The smallest absolute Gasteiger partial charge is 0.124 e. The molecule has 0 N–H and O–H groups in total. The van der Waals surface area contributed by atoms with Crippen molar-refractivity contribution >= 4 is 21.6 Å². The minimum absolute atomic E-state index is 1.10. The van der Waals surface area contributed by atoms with E-state index in [0.717, 1.165) is 10.5 Å². The molecule has 0 aliphatic heterocycles. The van der Waals surface area contributed by atoms with E-state index in [1.54, 1.807) is 11.3 Å². The Morgan fingerprint density at radius 1 is 0.882 bits per heavy atom. The Bertz CT molecular complexity index is 665. The Kier molecular flexibility index (Phi) is 2.45. The van der Waals surface area contributed by atoms with Gasteiger partial charge in [0.05, 0.1) is 10.2 Å². The summed E-state index contributed by atoms with van der Waals surface area (Å²) >= 11 is 1.75. The molecule has 0 unspecified atom stereocenters. The van der Waals surface area contributed by atoms with Crippen molar-refractivity contribution in [3.63, 3.8) is 0 Å². The zero-order valence-electron chi connectivity index (χ0n) is 9.90. The van der Waals surface area contributed by atoms with Crippen LogP contribution in [-0.4, -0.2) is 4.98 Å². The van der Waals surface area contributed by atoms with E-state index in [9.17, 15) is 0 Å². The van der Waals surface area contributed by atoms with E-state index in [1.807, 2.05) is 0 Å². The van der Waals surface area contributed by atoms with Crippen molar-refractivity contribution in [3.8, 4) is 10.6 Å². The highest BCUT2D eigenvalue weighted by Crippen LogP contribution is 2.30. The van der Waals surface area contributed by atoms with Crippen molar-refractivity contribution in [1.29, 1.82) is 0 Å². The fraction of sp³-hybridized carbons (Fsp3) is 0.133. The van der Waals surface area contributed by atoms with Crippen molar-refractivity contribution in [1.82, 2.24) is 4.98 Å². The SMILES string of the molecule is Cc1ccc(-c2nc3cc(C)ccc3s2)cc1. The third-order valence-corrected chi connectivity index (χ3v) is 3.93. The summed E-state index contributed by atoms with van der Waals surface area (Å²) in [5, 5.41) is 1.10. The number of benzene rings is 2. The second kappa shape index (κ2) is 3.97. The lowest BCUT2D eigenvalue weighted by Gasteiger charge is -1.95. The predicted octanol–water partition coefficient (Wildman–Crippen LogP) is 4.58. The molecule has 84 valence electrons. The molecule has 1 heterocycles. The molecular formula is C15H13NS. The van der Waals surface area contributed by atoms with Crippen LogP contribution in [0.3, 0.4) is 0 Å². The molecule has 0 aliphatic carbocycles. The van der Waals surface area contributed by atoms with Crippen LogP contribution in [0.15, 0.2) is 42.5 Å². The first-order valence-corrected chi connectivity index (χ1v) is 6.48. The van der Waals surface area contributed by atoms with Crippen LogP contribution in [0.1, 0.15) is 11.1 Å². The Morgan fingerprint density at radius 2 is 1.59 bits per heavy atom. The predicted molar refractivity (Wildman–Crippen MR) is 74.5 cm³/mol. The normalized spacial score (nSPS) is 10.9. The highest BCUT2D eigenvalue weighted by molar-refractivity contribution is 7.21. The van der Waals surface area contributed by atoms with Crippen molar-refractivity contribution in [2.24, 2.45) is 0 Å². The number of aryl methyl sites for hydroxylation is 2. The molecule has 0 aliphatic rings. The quantitative estimate of drug-likeness (QED) is 0.605. The molecule has 0 amide bonds. The molecular weight excluding hydrogens is 226 g/mol. The van der Waals surface area contributed by atoms with Gasteiger partial charge >= 0.3 is 0 Å². The minimum atomic E-state index is 1.10. The number of rotatable bonds is 1. The van der Waals surface area contributed by atoms with Crippen molar-refractivity contribution in [2.45, 2.75) is 13.8 Å². The van der Waals surface area contributed by atoms with Gasteiger partial charge in [0, 0.05) is 5.56 Å². The zero-order chi connectivity index (χ0) is 11.8. The van der Waals surface area contributed by atoms with Crippen LogP contribution >= 0.6 is 11.3 Å². The molecule has 0 bridgehead atoms. The Balaban J connectivity index is 2.14. The molecule has 0 spiro atoms. The monoisotopic (exact) mass is 239 g/mol. The second-order valence-electron chi connectivity index (χ2n) is 4.36. The summed E-state index contributed by atoms with van der Waals surface area (Å²) in [5.41, 5.74) is 4.85. The molecule has 0 saturated carbocycles. The van der Waals surface area contributed by atoms with Gasteiger partial charge in [-0.25, -0.2) is 4.98 Å². The molecule has 3 aromatic rings. The largest absolute Gasteiger partial charge is 0.236 e. The molecule has 17 heavy (non-hydrogen) atoms. The van der Waals surface area contributed by atoms with E-state index in [0.29, 0.717) is 0 Å². The maximum atomic E-state index is 4.69. The fourth-order valence-electron chi connectivity index (χ4n) is 1.86. The van der Waals surface area contributed by atoms with E-state index < -0.39 is 0 Å². The van der Waals surface area contributed by atoms with Crippen LogP contribution in [0.5, 0.6) is 0 Å². The summed E-state index contributed by atoms with van der Waals surface area (Å²) < 4.78 is 1.26. The molecule has 2 aromatic carbocycles. The molecule has 0 radical (unpaired) electrons. The van der Waals surface area contributed by atoms with Gasteiger partial charge in [0.25, 0.3) is 0 Å². The van der Waals surface area contributed by atoms with Crippen molar-refractivity contribution in [2.75, 3.05) is 0 Å². The van der Waals surface area contributed by atoms with Crippen LogP contribution in [-0.2, 0) is 0 Å². The van der Waals surface area contributed by atoms with Gasteiger partial charge in [-0.15, -0.1) is 11.3 Å². The Labute approximate surface area is 105 Å². The third-order valence-electron chi connectivity index (χ3n) is 2.84. The molecule has 0 atom stereocenters. The van der Waals surface area contributed by atoms with E-state index in [-0.39, 0.29) is 0 Å². The molecule has 1 aromatic heterocycles. The molecule has 0 fully saturated rings. The number of nitrogens with zero attached hydrogens (tertiary/aromatic N) is 1. The number of hydrogen-bond donors (Lipinski definition) is 0. The lowest BCUT2D eigenvalue weighted by atomic mass is 10.2. The van der Waals surface area contributed by atoms with Crippen LogP contribution < -0.4 is 0 Å². The standard InChI is InChI=1S/C15H13NS/c1-10-3-6-12(7-4-10)15-16-13-9-11(2)5-8-14(13)17-15/h3-9H,1-2H3. The first kappa shape index (κ1) is 10.5. The van der Waals surface area contributed by atoms with E-state index >= 15 is 0 Å². The van der Waals surface area contributed by atoms with Crippen LogP contribution in [0.25, 0.3) is 20.8 Å². The average Bonchev–Trinajstić information content (AvgIpc) is 2.72. The maximum Gasteiger partial charge on any atom is 0.124 e. The van der Waals surface area contributed by atoms with Gasteiger partial charge in [-0.05, 0) is 31.5 Å². The Hall–Kier alpha value is -1.67. The molecule has 2 heteroatoms. The van der Waals surface area contributed by atoms with Gasteiger partial charge in [0.1, 0.15) is 5.01 Å². The summed E-state index contributed by atoms with van der Waals surface area (Å²) in [6.07, 6.45) is 0. The summed E-state index contributed by atoms with van der Waals surface area (Å²) in [6.45, 7) is 4.20. The van der Waals surface area contributed by atoms with Crippen molar-refractivity contribution in [3.05, 3.63) is 53.6 Å². The number of hydrogen-bond acceptors (Lipinski definition) is 2. The van der Waals surface area contributed by atoms with Crippen LogP contribution in [0, 0.1) is 13.8 Å². The summed E-state index contributed by atoms with van der Waals surface area (Å²) in [6, 6.07) is 15.0. The van der Waals surface area contributed by atoms with Crippen molar-refractivity contribution < 1.29 is 0 Å².